The van der Waals surface area contributed by atoms with Gasteiger partial charge in [0.15, 0.2) is 5.75 Å². The van der Waals surface area contributed by atoms with Crippen molar-refractivity contribution in [2.24, 2.45) is 5.92 Å². The van der Waals surface area contributed by atoms with Crippen molar-refractivity contribution in [2.45, 2.75) is 18.4 Å². The zero-order valence-corrected chi connectivity index (χ0v) is 21.8. The lowest BCUT2D eigenvalue weighted by Crippen LogP contribution is -2.58. The number of piperazine rings is 1. The van der Waals surface area contributed by atoms with Gasteiger partial charge in [-0.15, -0.1) is 13.2 Å². The number of nitro groups is 1. The third-order valence-corrected chi connectivity index (χ3v) is 7.61. The van der Waals surface area contributed by atoms with Gasteiger partial charge in [-0.3, -0.25) is 24.4 Å². The van der Waals surface area contributed by atoms with Crippen molar-refractivity contribution in [2.75, 3.05) is 31.9 Å². The number of halogens is 3. The first kappa shape index (κ1) is 29.2. The van der Waals surface area contributed by atoms with Crippen LogP contribution in [0.3, 0.4) is 0 Å². The second kappa shape index (κ2) is 11.4. The van der Waals surface area contributed by atoms with Gasteiger partial charge in [-0.05, 0) is 34.9 Å². The minimum atomic E-state index is -4.85. The molecule has 0 saturated carbocycles. The highest BCUT2D eigenvalue weighted by molar-refractivity contribution is 7.85. The third kappa shape index (κ3) is 7.06. The maximum absolute atomic E-state index is 13.7. The molecule has 0 aromatic heterocycles. The molecular weight excluding hydrogens is 555 g/mol. The third-order valence-electron chi connectivity index (χ3n) is 6.79. The van der Waals surface area contributed by atoms with Crippen molar-refractivity contribution in [1.82, 2.24) is 9.80 Å². The minimum Gasteiger partial charge on any atom is -0.406 e. The SMILES string of the molecule is O=C(C1C=C(c2ccccc2)C=CC1(CS(=O)(=O)O)[N+](=O)[O-])N1CCN(Cc2cccc(OC(F)(F)F)c2)CC1. The lowest BCUT2D eigenvalue weighted by molar-refractivity contribution is -0.554. The van der Waals surface area contributed by atoms with E-state index in [0.29, 0.717) is 29.8 Å². The Hall–Kier alpha value is -3.75. The number of allylic oxidation sites excluding steroid dienone is 2. The molecule has 2 unspecified atom stereocenters. The molecule has 0 radical (unpaired) electrons. The van der Waals surface area contributed by atoms with Crippen LogP contribution in [0.15, 0.2) is 72.8 Å². The summed E-state index contributed by atoms with van der Waals surface area (Å²) in [5.74, 6) is -3.82. The van der Waals surface area contributed by atoms with E-state index in [1.807, 2.05) is 4.90 Å². The number of hydrogen-bond acceptors (Lipinski definition) is 7. The maximum Gasteiger partial charge on any atom is 0.573 e. The molecular formula is C26H26F3N3O7S. The van der Waals surface area contributed by atoms with E-state index >= 15 is 0 Å². The predicted octanol–water partition coefficient (Wildman–Crippen LogP) is 3.40. The zero-order chi connectivity index (χ0) is 29.1. The normalized spacial score (nSPS) is 22.1. The Labute approximate surface area is 228 Å². The number of hydrogen-bond donors (Lipinski definition) is 1. The molecule has 40 heavy (non-hydrogen) atoms. The van der Waals surface area contributed by atoms with Crippen LogP contribution < -0.4 is 4.74 Å². The zero-order valence-electron chi connectivity index (χ0n) is 21.0. The van der Waals surface area contributed by atoms with Crippen LogP contribution in [0.4, 0.5) is 13.2 Å². The summed E-state index contributed by atoms with van der Waals surface area (Å²) in [6.45, 7) is 1.20. The fourth-order valence-corrected chi connectivity index (χ4v) is 5.87. The fourth-order valence-electron chi connectivity index (χ4n) is 4.90. The summed E-state index contributed by atoms with van der Waals surface area (Å²) < 4.78 is 74.8. The van der Waals surface area contributed by atoms with E-state index in [0.717, 1.165) is 6.08 Å². The molecule has 1 fully saturated rings. The van der Waals surface area contributed by atoms with Crippen molar-refractivity contribution in [3.05, 3.63) is 94.1 Å². The van der Waals surface area contributed by atoms with Crippen LogP contribution in [0.2, 0.25) is 0 Å². The average molecular weight is 582 g/mol. The maximum atomic E-state index is 13.7. The van der Waals surface area contributed by atoms with E-state index in [9.17, 15) is 41.1 Å². The fraction of sp³-hybridized carbons (Fsp3) is 0.346. The number of ether oxygens (including phenoxy) is 1. The number of rotatable bonds is 8. The van der Waals surface area contributed by atoms with Crippen molar-refractivity contribution < 1.29 is 40.6 Å². The Morgan fingerprint density at radius 2 is 1.77 bits per heavy atom. The van der Waals surface area contributed by atoms with Crippen molar-refractivity contribution >= 4 is 21.6 Å². The Bertz CT molecular complexity index is 1420. The number of nitrogens with zero attached hydrogens (tertiary/aromatic N) is 3. The van der Waals surface area contributed by atoms with E-state index in [4.69, 9.17) is 0 Å². The minimum absolute atomic E-state index is 0.145. The molecule has 0 bridgehead atoms. The summed E-state index contributed by atoms with van der Waals surface area (Å²) in [5.41, 5.74) is -0.693. The summed E-state index contributed by atoms with van der Waals surface area (Å²) in [5, 5.41) is 12.3. The molecule has 10 nitrogen and oxygen atoms in total. The highest BCUT2D eigenvalue weighted by Gasteiger charge is 2.56. The van der Waals surface area contributed by atoms with Crippen LogP contribution in [0, 0.1) is 16.0 Å². The van der Waals surface area contributed by atoms with Gasteiger partial charge in [0.1, 0.15) is 11.7 Å². The van der Waals surface area contributed by atoms with Gasteiger partial charge >= 0.3 is 6.36 Å². The van der Waals surface area contributed by atoms with Crippen LogP contribution in [0.5, 0.6) is 5.75 Å². The van der Waals surface area contributed by atoms with Crippen molar-refractivity contribution in [3.8, 4) is 5.75 Å². The van der Waals surface area contributed by atoms with Gasteiger partial charge in [0, 0.05) is 37.6 Å². The van der Waals surface area contributed by atoms with Crippen molar-refractivity contribution in [1.29, 1.82) is 0 Å². The molecule has 1 saturated heterocycles. The molecule has 2 aromatic carbocycles. The molecule has 2 aliphatic rings. The molecule has 1 amide bonds. The average Bonchev–Trinajstić information content (AvgIpc) is 2.88. The van der Waals surface area contributed by atoms with Gasteiger partial charge in [-0.2, -0.15) is 8.42 Å². The number of carbonyl (C=O) groups excluding carboxylic acids is 1. The second-order valence-electron chi connectivity index (χ2n) is 9.57. The predicted molar refractivity (Wildman–Crippen MR) is 138 cm³/mol. The van der Waals surface area contributed by atoms with Gasteiger partial charge in [-0.1, -0.05) is 54.6 Å². The summed E-state index contributed by atoms with van der Waals surface area (Å²) >= 11 is 0. The number of alkyl halides is 3. The Morgan fingerprint density at radius 3 is 2.38 bits per heavy atom. The molecule has 1 N–H and O–H groups in total. The monoisotopic (exact) mass is 581 g/mol. The smallest absolute Gasteiger partial charge is 0.406 e. The first-order valence-corrected chi connectivity index (χ1v) is 13.8. The van der Waals surface area contributed by atoms with Gasteiger partial charge in [0.25, 0.3) is 15.7 Å². The topological polar surface area (TPSA) is 130 Å². The second-order valence-corrected chi connectivity index (χ2v) is 11.0. The molecule has 0 spiro atoms. The van der Waals surface area contributed by atoms with Gasteiger partial charge in [0.05, 0.1) is 0 Å². The van der Waals surface area contributed by atoms with E-state index in [1.54, 1.807) is 36.4 Å². The van der Waals surface area contributed by atoms with Crippen LogP contribution >= 0.6 is 0 Å². The lowest BCUT2D eigenvalue weighted by atomic mass is 9.78. The first-order valence-electron chi connectivity index (χ1n) is 12.2. The van der Waals surface area contributed by atoms with E-state index in [-0.39, 0.29) is 25.4 Å². The van der Waals surface area contributed by atoms with Crippen LogP contribution in [0.25, 0.3) is 5.57 Å². The molecule has 1 aliphatic heterocycles. The molecule has 214 valence electrons. The van der Waals surface area contributed by atoms with Gasteiger partial charge in [0.2, 0.25) is 5.91 Å². The number of amides is 1. The van der Waals surface area contributed by atoms with Gasteiger partial charge < -0.3 is 9.64 Å². The number of benzene rings is 2. The molecule has 4 rings (SSSR count). The Balaban J connectivity index is 1.53. The Kier molecular flexibility index (Phi) is 8.33. The van der Waals surface area contributed by atoms with Crippen LogP contribution in [0.1, 0.15) is 11.1 Å². The highest BCUT2D eigenvalue weighted by atomic mass is 32.2. The molecule has 1 aliphatic carbocycles. The summed E-state index contributed by atoms with van der Waals surface area (Å²) in [6.07, 6.45) is -1.02. The van der Waals surface area contributed by atoms with Crippen LogP contribution in [-0.4, -0.2) is 77.4 Å². The van der Waals surface area contributed by atoms with E-state index in [2.05, 4.69) is 4.74 Å². The van der Waals surface area contributed by atoms with Gasteiger partial charge in [-0.25, -0.2) is 0 Å². The highest BCUT2D eigenvalue weighted by Crippen LogP contribution is 2.36. The van der Waals surface area contributed by atoms with E-state index in [1.165, 1.54) is 35.3 Å². The summed E-state index contributed by atoms with van der Waals surface area (Å²) in [7, 11) is -4.85. The largest absolute Gasteiger partial charge is 0.573 e. The molecule has 2 aromatic rings. The standard InChI is InChI=1S/C26H26F3N3O7S/c27-26(28,29)39-22-8-4-5-19(15-22)17-30-11-13-31(14-12-30)24(33)23-16-21(20-6-2-1-3-7-20)9-10-25(23,32(34)35)18-40(36,37)38/h1-10,15-16,23H,11-14,17-18H2,(H,36,37,38). The molecule has 14 heteroatoms. The summed E-state index contributed by atoms with van der Waals surface area (Å²) in [4.78, 5) is 28.4. The number of carbonyl (C=O) groups is 1. The van der Waals surface area contributed by atoms with Crippen LogP contribution in [-0.2, 0) is 21.5 Å². The molecule has 2 atom stereocenters. The molecule has 1 heterocycles. The summed E-state index contributed by atoms with van der Waals surface area (Å²) in [6, 6.07) is 14.3. The quantitative estimate of drug-likeness (QED) is 0.285. The van der Waals surface area contributed by atoms with E-state index < -0.39 is 44.5 Å². The lowest BCUT2D eigenvalue weighted by Gasteiger charge is -2.38. The first-order chi connectivity index (χ1) is 18.8. The Morgan fingerprint density at radius 1 is 1.10 bits per heavy atom. The van der Waals surface area contributed by atoms with Crippen molar-refractivity contribution in [3.63, 3.8) is 0 Å².